The van der Waals surface area contributed by atoms with Gasteiger partial charge in [0, 0.05) is 18.0 Å². The van der Waals surface area contributed by atoms with E-state index in [1.165, 1.54) is 30.2 Å². The first-order valence-electron chi connectivity index (χ1n) is 12.9. The molecule has 0 saturated carbocycles. The van der Waals surface area contributed by atoms with Crippen molar-refractivity contribution < 1.29 is 17.9 Å². The molecule has 1 aliphatic heterocycles. The average molecular weight is 554 g/mol. The minimum absolute atomic E-state index is 0.131. The Morgan fingerprint density at radius 3 is 2.34 bits per heavy atom. The van der Waals surface area contributed by atoms with Crippen molar-refractivity contribution in [2.24, 2.45) is 0 Å². The number of carbonyl (C=O) groups excluding carboxylic acids is 1. The lowest BCUT2D eigenvalue weighted by molar-refractivity contribution is -0.119. The Morgan fingerprint density at radius 1 is 1.00 bits per heavy atom. The molecule has 3 aromatic carbocycles. The maximum absolute atomic E-state index is 13.7. The van der Waals surface area contributed by atoms with Gasteiger partial charge in [-0.3, -0.25) is 14.0 Å². The van der Waals surface area contributed by atoms with Crippen LogP contribution in [0.1, 0.15) is 30.9 Å². The molecule has 9 heteroatoms. The highest BCUT2D eigenvalue weighted by Crippen LogP contribution is 2.27. The number of amides is 1. The summed E-state index contributed by atoms with van der Waals surface area (Å²) in [6.07, 6.45) is 4.42. The number of rotatable bonds is 12. The van der Waals surface area contributed by atoms with Crippen molar-refractivity contribution in [3.63, 3.8) is 0 Å². The molecular weight excluding hydrogens is 518 g/mol. The van der Waals surface area contributed by atoms with Gasteiger partial charge in [0.2, 0.25) is 5.91 Å². The standard InChI is InChI=1S/C29H35N3O4S2/c1-3-36-26-11-9-25(10-12-26)32(38(34,35)28-15-13-27(37-2)14-16-28)22-29(33)30-20-23-7-6-8-24(19-23)21-31-17-4-5-18-31/h6-16,19H,3-5,17-18,20-22H2,1-2H3,(H,30,33). The zero-order valence-corrected chi connectivity index (χ0v) is 23.6. The number of hydrogen-bond acceptors (Lipinski definition) is 6. The first-order chi connectivity index (χ1) is 18.4. The number of thioether (sulfide) groups is 1. The fourth-order valence-electron chi connectivity index (χ4n) is 4.49. The molecule has 1 aliphatic rings. The summed E-state index contributed by atoms with van der Waals surface area (Å²) in [4.78, 5) is 16.6. The van der Waals surface area contributed by atoms with Gasteiger partial charge in [-0.25, -0.2) is 8.42 Å². The Labute approximate surface area is 230 Å². The van der Waals surface area contributed by atoms with E-state index in [2.05, 4.69) is 22.3 Å². The van der Waals surface area contributed by atoms with Crippen LogP contribution in [0.2, 0.25) is 0 Å². The van der Waals surface area contributed by atoms with Crippen molar-refractivity contribution in [2.45, 2.75) is 42.6 Å². The Balaban J connectivity index is 1.49. The van der Waals surface area contributed by atoms with Crippen LogP contribution in [0.3, 0.4) is 0 Å². The van der Waals surface area contributed by atoms with Crippen molar-refractivity contribution in [3.8, 4) is 5.75 Å². The summed E-state index contributed by atoms with van der Waals surface area (Å²) in [5.74, 6) is 0.254. The van der Waals surface area contributed by atoms with Crippen LogP contribution in [0.25, 0.3) is 0 Å². The SMILES string of the molecule is CCOc1ccc(N(CC(=O)NCc2cccc(CN3CCCC3)c2)S(=O)(=O)c2ccc(SC)cc2)cc1. The van der Waals surface area contributed by atoms with E-state index in [-0.39, 0.29) is 17.3 Å². The summed E-state index contributed by atoms with van der Waals surface area (Å²) < 4.78 is 34.0. The molecule has 1 saturated heterocycles. The molecule has 202 valence electrons. The van der Waals surface area contributed by atoms with E-state index in [4.69, 9.17) is 4.74 Å². The van der Waals surface area contributed by atoms with E-state index >= 15 is 0 Å². The maximum atomic E-state index is 13.7. The summed E-state index contributed by atoms with van der Waals surface area (Å²) in [6, 6.07) is 21.6. The van der Waals surface area contributed by atoms with E-state index in [1.54, 1.807) is 48.5 Å². The maximum Gasteiger partial charge on any atom is 0.264 e. The second-order valence-electron chi connectivity index (χ2n) is 9.19. The molecule has 0 atom stereocenters. The van der Waals surface area contributed by atoms with Crippen LogP contribution in [0.5, 0.6) is 5.75 Å². The van der Waals surface area contributed by atoms with Crippen LogP contribution < -0.4 is 14.4 Å². The molecule has 0 spiro atoms. The Bertz CT molecular complexity index is 1310. The molecule has 38 heavy (non-hydrogen) atoms. The van der Waals surface area contributed by atoms with Gasteiger partial charge in [-0.1, -0.05) is 24.3 Å². The van der Waals surface area contributed by atoms with Gasteiger partial charge in [0.15, 0.2) is 0 Å². The third-order valence-corrected chi connectivity index (χ3v) is 8.99. The van der Waals surface area contributed by atoms with Gasteiger partial charge in [0.05, 0.1) is 17.2 Å². The van der Waals surface area contributed by atoms with Crippen LogP contribution in [0.4, 0.5) is 5.69 Å². The lowest BCUT2D eigenvalue weighted by Gasteiger charge is -2.24. The van der Waals surface area contributed by atoms with E-state index in [0.717, 1.165) is 34.4 Å². The molecule has 3 aromatic rings. The zero-order valence-electron chi connectivity index (χ0n) is 21.9. The number of hydrogen-bond donors (Lipinski definition) is 1. The number of benzene rings is 3. The van der Waals surface area contributed by atoms with Crippen LogP contribution in [0, 0.1) is 0 Å². The van der Waals surface area contributed by atoms with Gasteiger partial charge in [-0.15, -0.1) is 11.8 Å². The number of likely N-dealkylation sites (tertiary alicyclic amines) is 1. The predicted octanol–water partition coefficient (Wildman–Crippen LogP) is 4.91. The number of carbonyl (C=O) groups is 1. The second-order valence-corrected chi connectivity index (χ2v) is 11.9. The summed E-state index contributed by atoms with van der Waals surface area (Å²) >= 11 is 1.53. The number of sulfonamides is 1. The third kappa shape index (κ3) is 7.30. The highest BCUT2D eigenvalue weighted by atomic mass is 32.2. The monoisotopic (exact) mass is 553 g/mol. The minimum atomic E-state index is -3.99. The van der Waals surface area contributed by atoms with Crippen LogP contribution in [-0.2, 0) is 27.9 Å². The number of anilines is 1. The molecule has 1 amide bonds. The Kier molecular flexibility index (Phi) is 9.71. The van der Waals surface area contributed by atoms with Gasteiger partial charge in [0.25, 0.3) is 10.0 Å². The molecule has 0 bridgehead atoms. The molecule has 1 N–H and O–H groups in total. The Hall–Kier alpha value is -3.01. The van der Waals surface area contributed by atoms with Crippen LogP contribution in [-0.4, -0.2) is 51.7 Å². The largest absolute Gasteiger partial charge is 0.494 e. The quantitative estimate of drug-likeness (QED) is 0.321. The van der Waals surface area contributed by atoms with Crippen LogP contribution in [0.15, 0.2) is 82.6 Å². The molecule has 1 fully saturated rings. The molecule has 1 heterocycles. The highest BCUT2D eigenvalue weighted by Gasteiger charge is 2.27. The lowest BCUT2D eigenvalue weighted by Crippen LogP contribution is -2.40. The molecular formula is C29H35N3O4S2. The van der Waals surface area contributed by atoms with E-state index < -0.39 is 10.0 Å². The molecule has 0 unspecified atom stereocenters. The minimum Gasteiger partial charge on any atom is -0.494 e. The normalized spacial score (nSPS) is 13.8. The summed E-state index contributed by atoms with van der Waals surface area (Å²) in [7, 11) is -3.99. The summed E-state index contributed by atoms with van der Waals surface area (Å²) in [5.41, 5.74) is 2.59. The molecule has 0 radical (unpaired) electrons. The fourth-order valence-corrected chi connectivity index (χ4v) is 6.32. The van der Waals surface area contributed by atoms with Gasteiger partial charge in [-0.05, 0) is 98.8 Å². The van der Waals surface area contributed by atoms with Gasteiger partial charge >= 0.3 is 0 Å². The predicted molar refractivity (Wildman–Crippen MR) is 153 cm³/mol. The zero-order chi connectivity index (χ0) is 27.0. The lowest BCUT2D eigenvalue weighted by atomic mass is 10.1. The number of ether oxygens (including phenoxy) is 1. The van der Waals surface area contributed by atoms with Crippen molar-refractivity contribution >= 4 is 33.4 Å². The second kappa shape index (κ2) is 13.2. The topological polar surface area (TPSA) is 79.0 Å². The average Bonchev–Trinajstić information content (AvgIpc) is 3.44. The summed E-state index contributed by atoms with van der Waals surface area (Å²) in [5, 5.41) is 2.91. The number of nitrogens with zero attached hydrogens (tertiary/aromatic N) is 2. The molecule has 7 nitrogen and oxygen atoms in total. The molecule has 0 aliphatic carbocycles. The van der Waals surface area contributed by atoms with E-state index in [9.17, 15) is 13.2 Å². The van der Waals surface area contributed by atoms with Crippen molar-refractivity contribution in [1.82, 2.24) is 10.2 Å². The first-order valence-corrected chi connectivity index (χ1v) is 15.5. The van der Waals surface area contributed by atoms with Gasteiger partial charge in [-0.2, -0.15) is 0 Å². The van der Waals surface area contributed by atoms with Crippen molar-refractivity contribution in [2.75, 3.05) is 36.8 Å². The van der Waals surface area contributed by atoms with Crippen molar-refractivity contribution in [3.05, 3.63) is 83.9 Å². The first kappa shape index (κ1) is 28.0. The fraction of sp³-hybridized carbons (Fsp3) is 0.345. The highest BCUT2D eigenvalue weighted by molar-refractivity contribution is 7.98. The smallest absolute Gasteiger partial charge is 0.264 e. The Morgan fingerprint density at radius 2 is 1.68 bits per heavy atom. The molecule has 0 aromatic heterocycles. The summed E-state index contributed by atoms with van der Waals surface area (Å²) in [6.45, 7) is 5.52. The van der Waals surface area contributed by atoms with Crippen LogP contribution >= 0.6 is 11.8 Å². The molecule has 4 rings (SSSR count). The third-order valence-electron chi connectivity index (χ3n) is 6.46. The van der Waals surface area contributed by atoms with E-state index in [1.807, 2.05) is 25.3 Å². The van der Waals surface area contributed by atoms with Gasteiger partial charge in [0.1, 0.15) is 12.3 Å². The van der Waals surface area contributed by atoms with E-state index in [0.29, 0.717) is 24.6 Å². The number of nitrogens with one attached hydrogen (secondary N) is 1. The van der Waals surface area contributed by atoms with Crippen molar-refractivity contribution in [1.29, 1.82) is 0 Å². The van der Waals surface area contributed by atoms with Gasteiger partial charge < -0.3 is 10.1 Å².